The van der Waals surface area contributed by atoms with E-state index in [-0.39, 0.29) is 5.78 Å². The number of aromatic nitrogens is 7. The van der Waals surface area contributed by atoms with Gasteiger partial charge in [-0.2, -0.15) is 19.9 Å². The van der Waals surface area contributed by atoms with Gasteiger partial charge in [-0.3, -0.25) is 9.59 Å². The largest absolute Gasteiger partial charge is 0.327 e. The van der Waals surface area contributed by atoms with Crippen LogP contribution in [0, 0.1) is 6.92 Å². The molecule has 7 rings (SSSR count). The quantitative estimate of drug-likeness (QED) is 0.138. The number of rotatable bonds is 7. The minimum absolute atomic E-state index is 0.0663. The summed E-state index contributed by atoms with van der Waals surface area (Å²) in [7, 11) is 1.98. The molecule has 4 aromatic heterocycles. The number of aryl methyl sites for hydroxylation is 2. The lowest BCUT2D eigenvalue weighted by atomic mass is 10.1. The molecule has 0 aliphatic heterocycles. The zero-order chi connectivity index (χ0) is 32.7. The first-order valence-electron chi connectivity index (χ1n) is 14.7. The average molecular weight is 657 g/mol. The maximum atomic E-state index is 13.6. The molecule has 4 heterocycles. The first-order chi connectivity index (χ1) is 22.8. The molecule has 0 fully saturated rings. The van der Waals surface area contributed by atoms with Crippen LogP contribution in [0.25, 0.3) is 44.6 Å². The first kappa shape index (κ1) is 30.2. The second-order valence-electron chi connectivity index (χ2n) is 10.7. The van der Waals surface area contributed by atoms with Gasteiger partial charge in [-0.25, -0.2) is 14.6 Å². The summed E-state index contributed by atoms with van der Waals surface area (Å²) in [6.45, 7) is 3.31. The predicted molar refractivity (Wildman–Crippen MR) is 184 cm³/mol. The van der Waals surface area contributed by atoms with Crippen LogP contribution in [0.4, 0.5) is 0 Å². The number of para-hydroxylation sites is 3. The van der Waals surface area contributed by atoms with Gasteiger partial charge in [-0.15, -0.1) is 11.8 Å². The number of thioether (sulfide) groups is 1. The van der Waals surface area contributed by atoms with E-state index in [0.717, 1.165) is 27.3 Å². The van der Waals surface area contributed by atoms with Crippen LogP contribution in [-0.4, -0.2) is 52.0 Å². The number of fused-ring (bicyclic) bond motifs is 1. The van der Waals surface area contributed by atoms with Crippen LogP contribution in [0.15, 0.2) is 107 Å². The molecule has 3 aromatic carbocycles. The van der Waals surface area contributed by atoms with Crippen LogP contribution >= 0.6 is 23.1 Å². The molecule has 0 saturated carbocycles. The number of hydrogen-bond acceptors (Lipinski definition) is 8. The topological polar surface area (TPSA) is 113 Å². The maximum absolute atomic E-state index is 13.6. The fourth-order valence-corrected chi connectivity index (χ4v) is 6.83. The summed E-state index contributed by atoms with van der Waals surface area (Å²) in [5.74, 6) is 0.780. The minimum atomic E-state index is -0.411. The van der Waals surface area contributed by atoms with Gasteiger partial charge in [0.05, 0.1) is 22.3 Å². The van der Waals surface area contributed by atoms with Crippen molar-refractivity contribution in [1.29, 1.82) is 0 Å². The van der Waals surface area contributed by atoms with Crippen molar-refractivity contribution in [1.82, 2.24) is 34.1 Å². The maximum Gasteiger partial charge on any atom is 0.279 e. The third-order valence-corrected chi connectivity index (χ3v) is 9.30. The molecule has 12 heteroatoms. The van der Waals surface area contributed by atoms with Gasteiger partial charge >= 0.3 is 0 Å². The lowest BCUT2D eigenvalue weighted by Gasteiger charge is -2.10. The third kappa shape index (κ3) is 5.51. The molecule has 0 spiro atoms. The van der Waals surface area contributed by atoms with Gasteiger partial charge in [0.15, 0.2) is 16.6 Å². The van der Waals surface area contributed by atoms with E-state index in [1.807, 2.05) is 83.2 Å². The van der Waals surface area contributed by atoms with Crippen molar-refractivity contribution in [2.45, 2.75) is 18.9 Å². The molecule has 0 radical (unpaired) electrons. The SMILES string of the molecule is CSc1nn(-c2ccccc2)c(-n2nc(-c3ccc(C(C)=O)c(C)n3)sc2=NC(=O)c2ccccc2)c1-c1nc2ccccc2n1C. The number of pyridine rings is 1. The predicted octanol–water partition coefficient (Wildman–Crippen LogP) is 6.71. The summed E-state index contributed by atoms with van der Waals surface area (Å²) in [5, 5.41) is 11.4. The molecule has 0 aliphatic carbocycles. The Hall–Kier alpha value is -5.46. The number of imidazole rings is 1. The number of ketones is 1. The monoisotopic (exact) mass is 656 g/mol. The Balaban J connectivity index is 1.56. The van der Waals surface area contributed by atoms with Crippen molar-refractivity contribution in [3.05, 3.63) is 119 Å². The van der Waals surface area contributed by atoms with Crippen LogP contribution in [0.2, 0.25) is 0 Å². The average Bonchev–Trinajstić information content (AvgIpc) is 3.78. The van der Waals surface area contributed by atoms with Crippen molar-refractivity contribution in [2.75, 3.05) is 6.26 Å². The summed E-state index contributed by atoms with van der Waals surface area (Å²) in [5.41, 5.74) is 5.48. The number of amides is 1. The second-order valence-corrected chi connectivity index (χ2v) is 12.5. The normalized spacial score (nSPS) is 11.8. The highest BCUT2D eigenvalue weighted by molar-refractivity contribution is 7.98. The van der Waals surface area contributed by atoms with E-state index < -0.39 is 5.91 Å². The van der Waals surface area contributed by atoms with Gasteiger partial charge in [0, 0.05) is 23.9 Å². The van der Waals surface area contributed by atoms with E-state index in [1.54, 1.807) is 48.0 Å². The molecule has 0 aliphatic rings. The summed E-state index contributed by atoms with van der Waals surface area (Å²) >= 11 is 2.72. The van der Waals surface area contributed by atoms with Crippen LogP contribution in [0.3, 0.4) is 0 Å². The molecule has 10 nitrogen and oxygen atoms in total. The van der Waals surface area contributed by atoms with Crippen LogP contribution < -0.4 is 4.80 Å². The lowest BCUT2D eigenvalue weighted by molar-refractivity contribution is 0.0994. The molecule has 0 bridgehead atoms. The van der Waals surface area contributed by atoms with E-state index in [1.165, 1.54) is 30.0 Å². The summed E-state index contributed by atoms with van der Waals surface area (Å²) in [6.07, 6.45) is 1.97. The molecule has 1 amide bonds. The molecule has 47 heavy (non-hydrogen) atoms. The van der Waals surface area contributed by atoms with E-state index in [0.29, 0.717) is 44.0 Å². The highest BCUT2D eigenvalue weighted by Crippen LogP contribution is 2.37. The van der Waals surface area contributed by atoms with Crippen molar-refractivity contribution in [3.63, 3.8) is 0 Å². The van der Waals surface area contributed by atoms with E-state index >= 15 is 0 Å². The number of benzene rings is 3. The Morgan fingerprint density at radius 1 is 0.830 bits per heavy atom. The second kappa shape index (κ2) is 12.4. The highest BCUT2D eigenvalue weighted by Gasteiger charge is 2.28. The van der Waals surface area contributed by atoms with Gasteiger partial charge in [-0.05, 0) is 68.6 Å². The third-order valence-electron chi connectivity index (χ3n) is 7.70. The number of nitrogens with zero attached hydrogens (tertiary/aromatic N) is 8. The first-order valence-corrected chi connectivity index (χ1v) is 16.8. The summed E-state index contributed by atoms with van der Waals surface area (Å²) in [4.78, 5) is 40.4. The fraction of sp³-hybridized carbons (Fsp3) is 0.114. The molecule has 7 aromatic rings. The smallest absolute Gasteiger partial charge is 0.279 e. The van der Waals surface area contributed by atoms with Gasteiger partial charge in [0.1, 0.15) is 16.5 Å². The van der Waals surface area contributed by atoms with Crippen LogP contribution in [-0.2, 0) is 7.05 Å². The molecule has 0 atom stereocenters. The van der Waals surface area contributed by atoms with Gasteiger partial charge in [0.25, 0.3) is 5.91 Å². The van der Waals surface area contributed by atoms with Gasteiger partial charge in [-0.1, -0.05) is 59.9 Å². The summed E-state index contributed by atoms with van der Waals surface area (Å²) < 4.78 is 5.51. The number of hydrogen-bond donors (Lipinski definition) is 0. The molecule has 0 N–H and O–H groups in total. The Labute approximate surface area is 278 Å². The highest BCUT2D eigenvalue weighted by atomic mass is 32.2. The number of carbonyl (C=O) groups is 2. The van der Waals surface area contributed by atoms with Crippen LogP contribution in [0.1, 0.15) is 33.3 Å². The lowest BCUT2D eigenvalue weighted by Crippen LogP contribution is -2.21. The Bertz CT molecular complexity index is 2370. The fourth-order valence-electron chi connectivity index (χ4n) is 5.42. The van der Waals surface area contributed by atoms with Crippen LogP contribution in [0.5, 0.6) is 0 Å². The zero-order valence-corrected chi connectivity index (χ0v) is 27.6. The number of carbonyl (C=O) groups excluding carboxylic acids is 2. The Morgan fingerprint density at radius 2 is 1.53 bits per heavy atom. The molecular weight excluding hydrogens is 629 g/mol. The molecule has 0 saturated heterocycles. The zero-order valence-electron chi connectivity index (χ0n) is 25.9. The van der Waals surface area contributed by atoms with E-state index in [2.05, 4.69) is 4.99 Å². The standard InChI is InChI=1S/C35H28N8O2S2/c1-21-25(22(2)44)19-20-27(36-21)32-39-43(35(47-32)38-31(45)23-13-7-5-8-14-23)34-29(30-37-26-17-11-12-18-28(26)41(30)3)33(46-4)40-42(34)24-15-9-6-10-16-24/h5-20H,1-4H3. The molecule has 0 unspecified atom stereocenters. The van der Waals surface area contributed by atoms with E-state index in [9.17, 15) is 9.59 Å². The van der Waals surface area contributed by atoms with Crippen molar-refractivity contribution < 1.29 is 9.59 Å². The van der Waals surface area contributed by atoms with Crippen molar-refractivity contribution >= 4 is 45.8 Å². The van der Waals surface area contributed by atoms with Gasteiger partial charge in [0.2, 0.25) is 4.80 Å². The van der Waals surface area contributed by atoms with Crippen molar-refractivity contribution in [3.8, 4) is 33.6 Å². The van der Waals surface area contributed by atoms with E-state index in [4.69, 9.17) is 20.2 Å². The van der Waals surface area contributed by atoms with Crippen molar-refractivity contribution in [2.24, 2.45) is 12.0 Å². The summed E-state index contributed by atoms with van der Waals surface area (Å²) in [6, 6.07) is 30.1. The Morgan fingerprint density at radius 3 is 2.21 bits per heavy atom. The molecular formula is C35H28N8O2S2. The van der Waals surface area contributed by atoms with Gasteiger partial charge < -0.3 is 4.57 Å². The Kier molecular flexibility index (Phi) is 7.96. The molecule has 232 valence electrons. The number of Topliss-reactive ketones (excluding diaryl/α,β-unsaturated/α-hetero) is 1. The minimum Gasteiger partial charge on any atom is -0.327 e.